The first kappa shape index (κ1) is 37.1. The van der Waals surface area contributed by atoms with E-state index in [0.717, 1.165) is 12.8 Å². The molecular weight excluding hydrogens is 674 g/mol. The number of alkyl halides is 3. The molecule has 1 atom stereocenters. The maximum absolute atomic E-state index is 13.7. The molecule has 1 aromatic carbocycles. The lowest BCUT2D eigenvalue weighted by Crippen LogP contribution is -2.54. The van der Waals surface area contributed by atoms with Crippen LogP contribution in [0.1, 0.15) is 58.4 Å². The molecule has 18 heteroatoms. The molecule has 46 heavy (non-hydrogen) atoms. The minimum absolute atomic E-state index is 0. The molecule has 3 heterocycles. The van der Waals surface area contributed by atoms with Crippen molar-refractivity contribution in [3.05, 3.63) is 52.7 Å². The van der Waals surface area contributed by atoms with Crippen LogP contribution in [-0.4, -0.2) is 85.6 Å². The molecule has 0 radical (unpaired) electrons. The van der Waals surface area contributed by atoms with Gasteiger partial charge in [0.2, 0.25) is 5.91 Å². The highest BCUT2D eigenvalue weighted by Gasteiger charge is 2.40. The smallest absolute Gasteiger partial charge is 0.338 e. The van der Waals surface area contributed by atoms with Gasteiger partial charge in [-0.05, 0) is 50.4 Å². The molecule has 12 nitrogen and oxygen atoms in total. The van der Waals surface area contributed by atoms with E-state index in [1.165, 1.54) is 46.9 Å². The van der Waals surface area contributed by atoms with Crippen LogP contribution in [0.15, 0.2) is 30.6 Å². The fraction of sp³-hybridized carbons (Fsp3) is 0.464. The second-order valence-corrected chi connectivity index (χ2v) is 11.3. The monoisotopic (exact) mass is 707 g/mol. The van der Waals surface area contributed by atoms with E-state index in [-0.39, 0.29) is 76.0 Å². The standard InChI is InChI=1S/C28H33ClF3N9O3.2ClH/c1-38-22(19-15-41(17-5-6-17)37-23(19)28(30,31)32)14-35-24(38)25(42)36-16-4-7-18(20(29)13-16)26(43)39-9-11-40(12-10-39)27(44)21(34)3-2-8-33;;/h4,7,13-15,17,21H,2-3,5-6,8-12,33-34H2,1H3,(H,36,42);2*1H. The molecule has 1 saturated carbocycles. The molecule has 1 saturated heterocycles. The average Bonchev–Trinajstić information content (AvgIpc) is 3.62. The highest BCUT2D eigenvalue weighted by atomic mass is 35.5. The van der Waals surface area contributed by atoms with Gasteiger partial charge in [0, 0.05) is 45.1 Å². The van der Waals surface area contributed by atoms with Crippen LogP contribution >= 0.6 is 36.4 Å². The van der Waals surface area contributed by atoms with Gasteiger partial charge in [0.05, 0.1) is 40.1 Å². The van der Waals surface area contributed by atoms with Gasteiger partial charge in [-0.25, -0.2) is 4.98 Å². The minimum Gasteiger partial charge on any atom is -0.338 e. The molecule has 2 aromatic heterocycles. The highest BCUT2D eigenvalue weighted by Crippen LogP contribution is 2.41. The molecule has 0 bridgehead atoms. The molecule has 2 fully saturated rings. The molecule has 252 valence electrons. The lowest BCUT2D eigenvalue weighted by molar-refractivity contribution is -0.141. The third-order valence-electron chi connectivity index (χ3n) is 7.76. The normalized spacial score (nSPS) is 15.5. The Balaban J connectivity index is 0.00000288. The fourth-order valence-electron chi connectivity index (χ4n) is 5.13. The number of hydrogen-bond donors (Lipinski definition) is 3. The van der Waals surface area contributed by atoms with Crippen molar-refractivity contribution in [3.8, 4) is 11.3 Å². The first-order valence-corrected chi connectivity index (χ1v) is 14.6. The summed E-state index contributed by atoms with van der Waals surface area (Å²) in [5, 5.41) is 6.48. The Hall–Kier alpha value is -3.37. The number of hydrogen-bond acceptors (Lipinski definition) is 7. The average molecular weight is 709 g/mol. The number of amides is 3. The van der Waals surface area contributed by atoms with Gasteiger partial charge in [-0.3, -0.25) is 19.1 Å². The van der Waals surface area contributed by atoms with Crippen LogP contribution in [0.4, 0.5) is 18.9 Å². The van der Waals surface area contributed by atoms with Crippen LogP contribution in [0.25, 0.3) is 11.3 Å². The van der Waals surface area contributed by atoms with Gasteiger partial charge in [-0.2, -0.15) is 18.3 Å². The number of carbonyl (C=O) groups excluding carboxylic acids is 3. The molecule has 1 unspecified atom stereocenters. The SMILES string of the molecule is Cl.Cl.Cn1c(-c2cn(C3CC3)nc2C(F)(F)F)cnc1C(=O)Nc1ccc(C(=O)N2CCN(C(=O)C(N)CCCN)CC2)c(Cl)c1. The second kappa shape index (κ2) is 15.0. The number of carbonyl (C=O) groups is 3. The summed E-state index contributed by atoms with van der Waals surface area (Å²) in [6.45, 7) is 1.74. The molecule has 3 amide bonds. The van der Waals surface area contributed by atoms with Crippen molar-refractivity contribution in [3.63, 3.8) is 0 Å². The number of nitrogens with two attached hydrogens (primary N) is 2. The number of nitrogens with one attached hydrogen (secondary N) is 1. The van der Waals surface area contributed by atoms with Crippen molar-refractivity contribution in [2.75, 3.05) is 38.0 Å². The van der Waals surface area contributed by atoms with Crippen LogP contribution in [-0.2, 0) is 18.0 Å². The number of rotatable bonds is 9. The van der Waals surface area contributed by atoms with Crippen molar-refractivity contribution < 1.29 is 27.6 Å². The lowest BCUT2D eigenvalue weighted by Gasteiger charge is -2.36. The third-order valence-corrected chi connectivity index (χ3v) is 8.07. The van der Waals surface area contributed by atoms with E-state index in [1.807, 2.05) is 0 Å². The van der Waals surface area contributed by atoms with Gasteiger partial charge in [0.15, 0.2) is 11.5 Å². The first-order chi connectivity index (χ1) is 20.9. The van der Waals surface area contributed by atoms with Crippen molar-refractivity contribution in [1.82, 2.24) is 29.1 Å². The topological polar surface area (TPSA) is 157 Å². The maximum atomic E-state index is 13.7. The summed E-state index contributed by atoms with van der Waals surface area (Å²) in [6.07, 6.45) is 0.526. The zero-order valence-corrected chi connectivity index (χ0v) is 27.2. The Morgan fingerprint density at radius 3 is 2.35 bits per heavy atom. The molecule has 0 spiro atoms. The van der Waals surface area contributed by atoms with Crippen molar-refractivity contribution in [1.29, 1.82) is 0 Å². The van der Waals surface area contributed by atoms with Crippen LogP contribution in [0.3, 0.4) is 0 Å². The summed E-state index contributed by atoms with van der Waals surface area (Å²) < 4.78 is 43.8. The van der Waals surface area contributed by atoms with Gasteiger partial charge >= 0.3 is 6.18 Å². The van der Waals surface area contributed by atoms with Gasteiger partial charge in [-0.15, -0.1) is 24.8 Å². The summed E-state index contributed by atoms with van der Waals surface area (Å²) in [5.41, 5.74) is 10.8. The number of piperazine rings is 1. The summed E-state index contributed by atoms with van der Waals surface area (Å²) in [4.78, 5) is 46.1. The first-order valence-electron chi connectivity index (χ1n) is 14.2. The summed E-state index contributed by atoms with van der Waals surface area (Å²) in [6, 6.07) is 3.70. The van der Waals surface area contributed by atoms with E-state index in [4.69, 9.17) is 23.1 Å². The Labute approximate surface area is 280 Å². The molecule has 3 aromatic rings. The van der Waals surface area contributed by atoms with Gasteiger partial charge in [-0.1, -0.05) is 11.6 Å². The number of halogens is 6. The third kappa shape index (κ3) is 7.94. The van der Waals surface area contributed by atoms with Crippen LogP contribution < -0.4 is 16.8 Å². The molecule has 5 N–H and O–H groups in total. The second-order valence-electron chi connectivity index (χ2n) is 10.9. The zero-order chi connectivity index (χ0) is 31.8. The fourth-order valence-corrected chi connectivity index (χ4v) is 5.40. The van der Waals surface area contributed by atoms with Crippen molar-refractivity contribution >= 4 is 59.8 Å². The van der Waals surface area contributed by atoms with Gasteiger partial charge < -0.3 is 31.2 Å². The van der Waals surface area contributed by atoms with Crippen LogP contribution in [0.2, 0.25) is 5.02 Å². The van der Waals surface area contributed by atoms with E-state index in [0.29, 0.717) is 45.6 Å². The Morgan fingerprint density at radius 1 is 1.11 bits per heavy atom. The van der Waals surface area contributed by atoms with Crippen LogP contribution in [0.5, 0.6) is 0 Å². The molecule has 1 aliphatic carbocycles. The minimum atomic E-state index is -4.68. The summed E-state index contributed by atoms with van der Waals surface area (Å²) in [5.74, 6) is -1.30. The van der Waals surface area contributed by atoms with E-state index < -0.39 is 23.8 Å². The zero-order valence-electron chi connectivity index (χ0n) is 24.8. The maximum Gasteiger partial charge on any atom is 0.435 e. The largest absolute Gasteiger partial charge is 0.435 e. The number of anilines is 1. The Morgan fingerprint density at radius 2 is 1.76 bits per heavy atom. The molecule has 1 aliphatic heterocycles. The van der Waals surface area contributed by atoms with E-state index >= 15 is 0 Å². The Bertz CT molecular complexity index is 1570. The van der Waals surface area contributed by atoms with Crippen molar-refractivity contribution in [2.45, 2.75) is 43.9 Å². The quantitative estimate of drug-likeness (QED) is 0.306. The van der Waals surface area contributed by atoms with Crippen molar-refractivity contribution in [2.24, 2.45) is 18.5 Å². The lowest BCUT2D eigenvalue weighted by atomic mass is 10.1. The summed E-state index contributed by atoms with van der Waals surface area (Å²) >= 11 is 6.42. The predicted octanol–water partition coefficient (Wildman–Crippen LogP) is 3.74. The van der Waals surface area contributed by atoms with Gasteiger partial charge in [0.25, 0.3) is 11.8 Å². The number of benzene rings is 1. The molecule has 5 rings (SSSR count). The highest BCUT2D eigenvalue weighted by molar-refractivity contribution is 6.34. The summed E-state index contributed by atoms with van der Waals surface area (Å²) in [7, 11) is 1.45. The van der Waals surface area contributed by atoms with E-state index in [9.17, 15) is 27.6 Å². The van der Waals surface area contributed by atoms with Gasteiger partial charge in [0.1, 0.15) is 0 Å². The molecular formula is C28H35Cl3F3N9O3. The molecule has 2 aliphatic rings. The Kier molecular flexibility index (Phi) is 12.1. The number of aromatic nitrogens is 4. The predicted molar refractivity (Wildman–Crippen MR) is 170 cm³/mol. The number of nitrogens with zero attached hydrogens (tertiary/aromatic N) is 6. The number of imidazole rings is 1. The van der Waals surface area contributed by atoms with Crippen LogP contribution in [0, 0.1) is 0 Å². The van der Waals surface area contributed by atoms with E-state index in [2.05, 4.69) is 15.4 Å². The van der Waals surface area contributed by atoms with E-state index in [1.54, 1.807) is 9.80 Å².